The standard InChI is InChI=1S/C35H56NO3/c1-6-7-8-9-10-11-12-13-14-16-20-32-23-19-24-34(27-32)39-31(3)25-26-38-35(37)30(2)28-36(4,5)29-33-21-17-15-18-22-33/h15,17-19,21-24,27,30-31H,6-14,16,20,25-26,28-29H2,1-5H3/q+1. The maximum absolute atomic E-state index is 12.6. The van der Waals surface area contributed by atoms with Crippen molar-refractivity contribution in [2.45, 2.75) is 110 Å². The third-order valence-electron chi connectivity index (χ3n) is 7.45. The summed E-state index contributed by atoms with van der Waals surface area (Å²) in [5.41, 5.74) is 2.62. The minimum Gasteiger partial charge on any atom is -0.491 e. The fraction of sp³-hybridized carbons (Fsp3) is 0.629. The molecule has 0 aromatic heterocycles. The first kappa shape index (κ1) is 32.9. The highest BCUT2D eigenvalue weighted by Crippen LogP contribution is 2.19. The molecule has 4 nitrogen and oxygen atoms in total. The Morgan fingerprint density at radius 3 is 2.08 bits per heavy atom. The smallest absolute Gasteiger partial charge is 0.314 e. The third kappa shape index (κ3) is 15.1. The van der Waals surface area contributed by atoms with Gasteiger partial charge in [0, 0.05) is 12.0 Å². The second kappa shape index (κ2) is 18.9. The second-order valence-corrected chi connectivity index (χ2v) is 12.1. The molecule has 0 radical (unpaired) electrons. The van der Waals surface area contributed by atoms with Gasteiger partial charge in [-0.15, -0.1) is 0 Å². The number of aryl methyl sites for hydroxylation is 1. The Morgan fingerprint density at radius 2 is 1.41 bits per heavy atom. The number of rotatable bonds is 21. The first-order valence-electron chi connectivity index (χ1n) is 15.6. The molecule has 2 aromatic rings. The summed E-state index contributed by atoms with van der Waals surface area (Å²) in [7, 11) is 4.33. The number of nitrogens with zero attached hydrogens (tertiary/aromatic N) is 1. The second-order valence-electron chi connectivity index (χ2n) is 12.1. The van der Waals surface area contributed by atoms with Crippen LogP contribution in [-0.2, 0) is 22.5 Å². The molecule has 4 heteroatoms. The van der Waals surface area contributed by atoms with Crippen molar-refractivity contribution in [1.82, 2.24) is 0 Å². The van der Waals surface area contributed by atoms with Crippen molar-refractivity contribution in [2.24, 2.45) is 5.92 Å². The number of hydrogen-bond acceptors (Lipinski definition) is 3. The topological polar surface area (TPSA) is 35.5 Å². The molecule has 0 saturated carbocycles. The molecule has 218 valence electrons. The normalized spacial score (nSPS) is 13.2. The maximum Gasteiger partial charge on any atom is 0.314 e. The van der Waals surface area contributed by atoms with Gasteiger partial charge < -0.3 is 14.0 Å². The van der Waals surface area contributed by atoms with Crippen molar-refractivity contribution >= 4 is 5.97 Å². The molecule has 2 rings (SSSR count). The Morgan fingerprint density at radius 1 is 0.795 bits per heavy atom. The van der Waals surface area contributed by atoms with Crippen molar-refractivity contribution in [3.05, 3.63) is 65.7 Å². The molecule has 0 heterocycles. The fourth-order valence-corrected chi connectivity index (χ4v) is 5.31. The largest absolute Gasteiger partial charge is 0.491 e. The van der Waals surface area contributed by atoms with E-state index in [0.29, 0.717) is 13.0 Å². The van der Waals surface area contributed by atoms with Crippen molar-refractivity contribution in [3.8, 4) is 5.75 Å². The van der Waals surface area contributed by atoms with Crippen LogP contribution in [0.5, 0.6) is 5.75 Å². The summed E-state index contributed by atoms with van der Waals surface area (Å²) < 4.78 is 12.5. The van der Waals surface area contributed by atoms with Crippen molar-refractivity contribution in [1.29, 1.82) is 0 Å². The molecule has 0 saturated heterocycles. The van der Waals surface area contributed by atoms with Gasteiger partial charge in [0.15, 0.2) is 0 Å². The van der Waals surface area contributed by atoms with Crippen LogP contribution in [0.4, 0.5) is 0 Å². The molecule has 0 bridgehead atoms. The molecule has 2 aromatic carbocycles. The Balaban J connectivity index is 1.60. The molecular weight excluding hydrogens is 482 g/mol. The number of ether oxygens (including phenoxy) is 2. The van der Waals surface area contributed by atoms with Gasteiger partial charge in [-0.25, -0.2) is 0 Å². The summed E-state index contributed by atoms with van der Waals surface area (Å²) in [5.74, 6) is 0.633. The Bertz CT molecular complexity index is 911. The van der Waals surface area contributed by atoms with Gasteiger partial charge in [0.2, 0.25) is 0 Å². The van der Waals surface area contributed by atoms with Crippen LogP contribution < -0.4 is 4.74 Å². The zero-order chi connectivity index (χ0) is 28.3. The lowest BCUT2D eigenvalue weighted by Gasteiger charge is -2.32. The summed E-state index contributed by atoms with van der Waals surface area (Å²) in [6, 6.07) is 18.9. The predicted octanol–water partition coefficient (Wildman–Crippen LogP) is 8.76. The van der Waals surface area contributed by atoms with Crippen LogP contribution in [0, 0.1) is 5.92 Å². The fourth-order valence-electron chi connectivity index (χ4n) is 5.31. The SMILES string of the molecule is CCCCCCCCCCCCc1cccc(OC(C)CCOC(=O)C(C)C[N+](C)(C)Cc2ccccc2)c1. The van der Waals surface area contributed by atoms with Crippen LogP contribution in [0.3, 0.4) is 0 Å². The van der Waals surface area contributed by atoms with Gasteiger partial charge in [0.25, 0.3) is 0 Å². The van der Waals surface area contributed by atoms with Gasteiger partial charge >= 0.3 is 5.97 Å². The van der Waals surface area contributed by atoms with Crippen LogP contribution in [-0.4, -0.2) is 43.8 Å². The van der Waals surface area contributed by atoms with E-state index in [2.05, 4.69) is 63.5 Å². The molecule has 0 fully saturated rings. The lowest BCUT2D eigenvalue weighted by molar-refractivity contribution is -0.905. The summed E-state index contributed by atoms with van der Waals surface area (Å²) in [5, 5.41) is 0. The van der Waals surface area contributed by atoms with Crippen LogP contribution in [0.2, 0.25) is 0 Å². The lowest BCUT2D eigenvalue weighted by atomic mass is 10.0. The van der Waals surface area contributed by atoms with E-state index in [1.54, 1.807) is 0 Å². The molecule has 0 aliphatic heterocycles. The average molecular weight is 539 g/mol. The van der Waals surface area contributed by atoms with E-state index in [1.807, 2.05) is 26.0 Å². The number of unbranched alkanes of at least 4 members (excludes halogenated alkanes) is 9. The average Bonchev–Trinajstić information content (AvgIpc) is 2.90. The summed E-state index contributed by atoms with van der Waals surface area (Å²) in [6.45, 7) is 8.31. The molecule has 0 N–H and O–H groups in total. The first-order valence-corrected chi connectivity index (χ1v) is 15.6. The molecule has 2 atom stereocenters. The van der Waals surface area contributed by atoms with E-state index in [4.69, 9.17) is 9.47 Å². The number of benzene rings is 2. The van der Waals surface area contributed by atoms with Gasteiger partial charge in [-0.2, -0.15) is 0 Å². The van der Waals surface area contributed by atoms with E-state index in [0.717, 1.165) is 29.7 Å². The molecule has 0 spiro atoms. The van der Waals surface area contributed by atoms with Gasteiger partial charge in [0.1, 0.15) is 18.2 Å². The molecular formula is C35H56NO3+. The number of esters is 1. The minimum atomic E-state index is -0.151. The van der Waals surface area contributed by atoms with Crippen molar-refractivity contribution in [2.75, 3.05) is 27.2 Å². The minimum absolute atomic E-state index is 0.00835. The number of carbonyl (C=O) groups excluding carboxylic acids is 1. The summed E-state index contributed by atoms with van der Waals surface area (Å²) >= 11 is 0. The third-order valence-corrected chi connectivity index (χ3v) is 7.45. The predicted molar refractivity (Wildman–Crippen MR) is 164 cm³/mol. The highest BCUT2D eigenvalue weighted by Gasteiger charge is 2.25. The summed E-state index contributed by atoms with van der Waals surface area (Å²) in [6.07, 6.45) is 15.4. The van der Waals surface area contributed by atoms with Gasteiger partial charge in [-0.1, -0.05) is 107 Å². The number of quaternary nitrogens is 1. The molecule has 0 aliphatic rings. The van der Waals surface area contributed by atoms with Gasteiger partial charge in [-0.3, -0.25) is 4.79 Å². The van der Waals surface area contributed by atoms with Crippen LogP contribution >= 0.6 is 0 Å². The van der Waals surface area contributed by atoms with Gasteiger partial charge in [-0.05, 0) is 44.4 Å². The number of hydrogen-bond donors (Lipinski definition) is 0. The lowest BCUT2D eigenvalue weighted by Crippen LogP contribution is -2.44. The molecule has 2 unspecified atom stereocenters. The van der Waals surface area contributed by atoms with Crippen molar-refractivity contribution < 1.29 is 18.8 Å². The molecule has 39 heavy (non-hydrogen) atoms. The van der Waals surface area contributed by atoms with Crippen molar-refractivity contribution in [3.63, 3.8) is 0 Å². The zero-order valence-corrected chi connectivity index (χ0v) is 25.6. The first-order chi connectivity index (χ1) is 18.8. The Kier molecular flexibility index (Phi) is 15.9. The highest BCUT2D eigenvalue weighted by atomic mass is 16.5. The maximum atomic E-state index is 12.6. The summed E-state index contributed by atoms with van der Waals surface area (Å²) in [4.78, 5) is 12.6. The van der Waals surface area contributed by atoms with E-state index in [1.165, 1.54) is 75.3 Å². The molecule has 0 aliphatic carbocycles. The van der Waals surface area contributed by atoms with E-state index < -0.39 is 0 Å². The van der Waals surface area contributed by atoms with E-state index in [9.17, 15) is 4.79 Å². The van der Waals surface area contributed by atoms with E-state index in [-0.39, 0.29) is 18.0 Å². The number of carbonyl (C=O) groups is 1. The highest BCUT2D eigenvalue weighted by molar-refractivity contribution is 5.72. The Hall–Kier alpha value is -2.33. The van der Waals surface area contributed by atoms with Gasteiger partial charge in [0.05, 0.1) is 33.4 Å². The van der Waals surface area contributed by atoms with Crippen LogP contribution in [0.25, 0.3) is 0 Å². The van der Waals surface area contributed by atoms with E-state index >= 15 is 0 Å². The monoisotopic (exact) mass is 538 g/mol. The molecule has 0 amide bonds. The Labute approximate surface area is 239 Å². The quantitative estimate of drug-likeness (QED) is 0.0905. The van der Waals surface area contributed by atoms with Crippen LogP contribution in [0.1, 0.15) is 103 Å². The van der Waals surface area contributed by atoms with Crippen LogP contribution in [0.15, 0.2) is 54.6 Å². The zero-order valence-electron chi connectivity index (χ0n) is 25.6.